The maximum absolute atomic E-state index is 14.9. The van der Waals surface area contributed by atoms with Crippen LogP contribution in [0.5, 0.6) is 0 Å². The third kappa shape index (κ3) is 8.98. The number of carbonyl (C=O) groups excluding carboxylic acids is 5. The Hall–Kier alpha value is -4.26. The number of amides is 4. The van der Waals surface area contributed by atoms with Gasteiger partial charge in [0.15, 0.2) is 0 Å². The van der Waals surface area contributed by atoms with Gasteiger partial charge >= 0.3 is 0 Å². The highest BCUT2D eigenvalue weighted by atomic mass is 32.2. The molecule has 4 fully saturated rings. The van der Waals surface area contributed by atoms with E-state index in [9.17, 15) is 37.5 Å². The minimum absolute atomic E-state index is 0.00895. The Morgan fingerprint density at radius 1 is 1.00 bits per heavy atom. The van der Waals surface area contributed by atoms with Crippen LogP contribution in [-0.2, 0) is 39.5 Å². The van der Waals surface area contributed by atoms with Crippen molar-refractivity contribution in [2.45, 2.75) is 125 Å². The minimum atomic E-state index is -3.73. The second-order valence-electron chi connectivity index (χ2n) is 16.2. The normalized spacial score (nSPS) is 22.9. The first-order valence-electron chi connectivity index (χ1n) is 19.7. The van der Waals surface area contributed by atoms with E-state index in [0.29, 0.717) is 25.2 Å². The Bertz CT molecular complexity index is 1880. The van der Waals surface area contributed by atoms with E-state index in [1.54, 1.807) is 13.8 Å². The van der Waals surface area contributed by atoms with Crippen LogP contribution in [0.4, 0.5) is 0 Å². The largest absolute Gasteiger partial charge is 0.384 e. The number of nitrogens with one attached hydrogen (secondary N) is 2. The number of primary amides is 1. The molecule has 1 aromatic heterocycles. The number of Topliss-reactive ketones (excluding diaryl/α,β-unsaturated/α-hetero) is 1. The van der Waals surface area contributed by atoms with E-state index in [4.69, 9.17) is 10.5 Å². The highest BCUT2D eigenvalue weighted by Crippen LogP contribution is 2.34. The predicted octanol–water partition coefficient (Wildman–Crippen LogP) is 1.31. The molecule has 3 aliphatic heterocycles. The molecule has 1 aromatic carbocycles. The van der Waals surface area contributed by atoms with E-state index >= 15 is 0 Å². The number of aliphatic hydroxyl groups is 1. The third-order valence-corrected chi connectivity index (χ3v) is 13.7. The lowest BCUT2D eigenvalue weighted by molar-refractivity contribution is -0.147. The summed E-state index contributed by atoms with van der Waals surface area (Å²) in [5.41, 5.74) is 2.97. The number of ketones is 1. The van der Waals surface area contributed by atoms with Crippen molar-refractivity contribution in [1.82, 2.24) is 34.8 Å². The van der Waals surface area contributed by atoms with Gasteiger partial charge in [-0.05, 0) is 63.3 Å². The molecule has 4 aliphatic rings. The number of rotatable bonds is 13. The summed E-state index contributed by atoms with van der Waals surface area (Å²) < 4.78 is 34.9. The Kier molecular flexibility index (Phi) is 12.6. The van der Waals surface area contributed by atoms with Gasteiger partial charge in [-0.2, -0.15) is 4.31 Å². The molecule has 4 heterocycles. The number of aromatic nitrogens is 3. The van der Waals surface area contributed by atoms with E-state index in [-0.39, 0.29) is 55.4 Å². The smallest absolute Gasteiger partial charge is 0.287 e. The molecule has 4 amide bonds. The molecule has 17 nitrogen and oxygen atoms in total. The predicted molar refractivity (Wildman–Crippen MR) is 201 cm³/mol. The molecule has 0 unspecified atom stereocenters. The zero-order valence-electron chi connectivity index (χ0n) is 32.2. The highest BCUT2D eigenvalue weighted by molar-refractivity contribution is 7.89. The first-order valence-corrected chi connectivity index (χ1v) is 21.1. The van der Waals surface area contributed by atoms with Crippen LogP contribution >= 0.6 is 0 Å². The van der Waals surface area contributed by atoms with Crippen molar-refractivity contribution >= 4 is 39.4 Å². The number of benzene rings is 1. The van der Waals surface area contributed by atoms with Crippen LogP contribution in [0.3, 0.4) is 0 Å². The number of sulfonamides is 1. The summed E-state index contributed by atoms with van der Waals surface area (Å²) in [6, 6.07) is 2.81. The van der Waals surface area contributed by atoms with Crippen molar-refractivity contribution < 1.29 is 42.2 Å². The summed E-state index contributed by atoms with van der Waals surface area (Å²) in [5.74, 6) is -3.82. The number of piperidine rings is 1. The van der Waals surface area contributed by atoms with E-state index in [2.05, 4.69) is 20.9 Å². The van der Waals surface area contributed by atoms with Crippen LogP contribution in [-0.4, -0.2) is 118 Å². The topological polar surface area (TPSA) is 236 Å². The van der Waals surface area contributed by atoms with Gasteiger partial charge in [0, 0.05) is 57.7 Å². The number of ether oxygens (including phenoxy) is 1. The average Bonchev–Trinajstić information content (AvgIpc) is 3.87. The van der Waals surface area contributed by atoms with Crippen LogP contribution in [0, 0.1) is 5.92 Å². The molecule has 1 saturated carbocycles. The van der Waals surface area contributed by atoms with Gasteiger partial charge in [0.05, 0.1) is 22.8 Å². The number of nitrogens with zero attached hydrogens (tertiary/aromatic N) is 5. The van der Waals surface area contributed by atoms with Crippen LogP contribution in [0.2, 0.25) is 0 Å². The van der Waals surface area contributed by atoms with E-state index in [1.165, 1.54) is 44.3 Å². The van der Waals surface area contributed by atoms with Gasteiger partial charge in [0.2, 0.25) is 27.6 Å². The second kappa shape index (κ2) is 17.1. The molecule has 0 radical (unpaired) electrons. The summed E-state index contributed by atoms with van der Waals surface area (Å²) in [6.45, 7) is 4.19. The summed E-state index contributed by atoms with van der Waals surface area (Å²) in [5, 5.41) is 24.8. The maximum atomic E-state index is 14.9. The van der Waals surface area contributed by atoms with Gasteiger partial charge in [-0.3, -0.25) is 24.0 Å². The monoisotopic (exact) mass is 798 g/mol. The lowest BCUT2D eigenvalue weighted by atomic mass is 9.84. The molecule has 3 atom stereocenters. The first kappa shape index (κ1) is 41.4. The van der Waals surface area contributed by atoms with E-state index in [0.717, 1.165) is 51.4 Å². The highest BCUT2D eigenvalue weighted by Gasteiger charge is 2.49. The lowest BCUT2D eigenvalue weighted by Gasteiger charge is -2.37. The number of nitrogens with two attached hydrogens (primary N) is 1. The van der Waals surface area contributed by atoms with Crippen molar-refractivity contribution in [1.29, 1.82) is 0 Å². The van der Waals surface area contributed by atoms with Crippen molar-refractivity contribution in [3.05, 3.63) is 41.7 Å². The fraction of sp³-hybridized carbons (Fsp3) is 0.658. The Balaban J connectivity index is 1.29. The van der Waals surface area contributed by atoms with Crippen molar-refractivity contribution in [3.63, 3.8) is 0 Å². The minimum Gasteiger partial charge on any atom is -0.384 e. The standard InChI is InChI=1S/C38H54N8O9S/c1-37(2,52)31-23-40-43-46(31)27-22-30(35(50)42-38(32(47)33(39)48)15-19-55-20-16-38)45(24-27)36(51)29(21-25-9-5-3-6-10-25)41-34(49)26-11-13-28(14-12-26)56(53,54)44-17-7-4-8-18-44/h11-14,23,25,27,29-30,52H,3-10,15-22,24H2,1-2H3,(H2,39,48)(H,41,49)(H,42,50)/t27-,29+,30-/m0/s1. The van der Waals surface area contributed by atoms with Gasteiger partial charge < -0.3 is 31.1 Å². The zero-order chi connectivity index (χ0) is 40.3. The lowest BCUT2D eigenvalue weighted by Crippen LogP contribution is -2.64. The summed E-state index contributed by atoms with van der Waals surface area (Å²) in [4.78, 5) is 69.9. The fourth-order valence-electron chi connectivity index (χ4n) is 8.57. The summed E-state index contributed by atoms with van der Waals surface area (Å²) >= 11 is 0. The van der Waals surface area contributed by atoms with Crippen LogP contribution in [0.15, 0.2) is 35.4 Å². The molecule has 18 heteroatoms. The van der Waals surface area contributed by atoms with Gasteiger partial charge in [-0.1, -0.05) is 43.7 Å². The van der Waals surface area contributed by atoms with Crippen LogP contribution in [0.1, 0.15) is 113 Å². The van der Waals surface area contributed by atoms with Gasteiger partial charge in [-0.15, -0.1) is 5.10 Å². The number of likely N-dealkylation sites (tertiary alicyclic amines) is 1. The average molecular weight is 799 g/mol. The van der Waals surface area contributed by atoms with Crippen molar-refractivity contribution in [2.24, 2.45) is 11.7 Å². The molecular formula is C38H54N8O9S. The molecule has 5 N–H and O–H groups in total. The summed E-state index contributed by atoms with van der Waals surface area (Å²) in [6.07, 6.45) is 9.08. The van der Waals surface area contributed by atoms with Gasteiger partial charge in [0.25, 0.3) is 11.8 Å². The molecule has 6 rings (SSSR count). The van der Waals surface area contributed by atoms with Gasteiger partial charge in [0.1, 0.15) is 23.2 Å². The van der Waals surface area contributed by atoms with Crippen LogP contribution < -0.4 is 16.4 Å². The second-order valence-corrected chi connectivity index (χ2v) is 18.1. The molecule has 1 aliphatic carbocycles. The molecule has 2 aromatic rings. The van der Waals surface area contributed by atoms with Gasteiger partial charge in [-0.25, -0.2) is 13.1 Å². The zero-order valence-corrected chi connectivity index (χ0v) is 33.0. The summed E-state index contributed by atoms with van der Waals surface area (Å²) in [7, 11) is -3.73. The molecule has 3 saturated heterocycles. The number of carbonyl (C=O) groups is 5. The number of hydrogen-bond acceptors (Lipinski definition) is 11. The molecule has 56 heavy (non-hydrogen) atoms. The van der Waals surface area contributed by atoms with Crippen molar-refractivity contribution in [2.75, 3.05) is 32.8 Å². The molecule has 306 valence electrons. The Morgan fingerprint density at radius 3 is 2.27 bits per heavy atom. The number of hydrogen-bond donors (Lipinski definition) is 4. The molecular weight excluding hydrogens is 745 g/mol. The molecule has 0 spiro atoms. The SMILES string of the molecule is CC(C)(O)c1cnnn1[C@H]1C[C@@H](C(=O)NC2(C(=O)C(N)=O)CCOCC2)N(C(=O)[C@@H](CC2CCCCC2)NC(=O)c2ccc(S(=O)(=O)N3CCCCC3)cc2)C1. The quantitative estimate of drug-likeness (QED) is 0.211. The Labute approximate surface area is 327 Å². The molecule has 0 bridgehead atoms. The van der Waals surface area contributed by atoms with E-state index < -0.39 is 68.7 Å². The maximum Gasteiger partial charge on any atom is 0.287 e. The van der Waals surface area contributed by atoms with E-state index in [1.807, 2.05) is 0 Å². The third-order valence-electron chi connectivity index (χ3n) is 11.7. The fourth-order valence-corrected chi connectivity index (χ4v) is 10.1. The van der Waals surface area contributed by atoms with Crippen LogP contribution in [0.25, 0.3) is 0 Å². The van der Waals surface area contributed by atoms with Crippen molar-refractivity contribution in [3.8, 4) is 0 Å². The Morgan fingerprint density at radius 2 is 1.64 bits per heavy atom. The first-order chi connectivity index (χ1) is 26.6.